The van der Waals surface area contributed by atoms with Gasteiger partial charge in [0.1, 0.15) is 43.2 Å². The van der Waals surface area contributed by atoms with Crippen LogP contribution in [0.5, 0.6) is 0 Å². The van der Waals surface area contributed by atoms with Gasteiger partial charge in [0.05, 0.1) is 6.61 Å². The molecule has 13 nitrogen and oxygen atoms in total. The minimum absolute atomic E-state index is 0.102. The molecule has 0 aromatic rings. The van der Waals surface area contributed by atoms with E-state index in [2.05, 4.69) is 6.92 Å². The fourth-order valence-corrected chi connectivity index (χ4v) is 6.08. The number of aliphatic hydroxyl groups excluding tert-OH is 5. The number of phosphoric acid groups is 1. The van der Waals surface area contributed by atoms with Crippen molar-refractivity contribution in [1.29, 1.82) is 0 Å². The van der Waals surface area contributed by atoms with E-state index in [9.17, 15) is 44.6 Å². The molecule has 0 radical (unpaired) electrons. The van der Waals surface area contributed by atoms with E-state index in [0.717, 1.165) is 44.9 Å². The lowest BCUT2D eigenvalue weighted by molar-refractivity contribution is -0.220. The largest absolute Gasteiger partial charge is 0.472 e. The lowest BCUT2D eigenvalue weighted by Gasteiger charge is -2.41. The smallest absolute Gasteiger partial charge is 0.462 e. The summed E-state index contributed by atoms with van der Waals surface area (Å²) in [5.74, 6) is -1.12. The predicted molar refractivity (Wildman–Crippen MR) is 166 cm³/mol. The topological polar surface area (TPSA) is 210 Å². The van der Waals surface area contributed by atoms with Crippen LogP contribution in [0, 0.1) is 0 Å². The zero-order chi connectivity index (χ0) is 33.7. The number of hydrogen-bond acceptors (Lipinski definition) is 12. The first-order chi connectivity index (χ1) is 21.4. The molecule has 0 aromatic carbocycles. The summed E-state index contributed by atoms with van der Waals surface area (Å²) in [4.78, 5) is 34.9. The fraction of sp³-hybridized carbons (Fsp3) is 0.935. The van der Waals surface area contributed by atoms with Gasteiger partial charge in [0, 0.05) is 12.8 Å². The van der Waals surface area contributed by atoms with Crippen LogP contribution in [0.25, 0.3) is 0 Å². The Morgan fingerprint density at radius 3 is 1.49 bits per heavy atom. The van der Waals surface area contributed by atoms with E-state index in [0.29, 0.717) is 12.8 Å². The van der Waals surface area contributed by atoms with Crippen molar-refractivity contribution in [2.24, 2.45) is 0 Å². The number of rotatable bonds is 26. The average Bonchev–Trinajstić information content (AvgIpc) is 3.01. The Balaban J connectivity index is 2.55. The fourth-order valence-electron chi connectivity index (χ4n) is 5.11. The second-order valence-electron chi connectivity index (χ2n) is 12.0. The van der Waals surface area contributed by atoms with Gasteiger partial charge < -0.3 is 39.9 Å². The van der Waals surface area contributed by atoms with E-state index < -0.39 is 75.7 Å². The molecule has 1 rings (SSSR count). The molecule has 0 amide bonds. The van der Waals surface area contributed by atoms with Crippen molar-refractivity contribution in [3.05, 3.63) is 0 Å². The Hall–Kier alpha value is -1.15. The highest BCUT2D eigenvalue weighted by molar-refractivity contribution is 7.47. The van der Waals surface area contributed by atoms with Gasteiger partial charge in [-0.1, -0.05) is 104 Å². The van der Waals surface area contributed by atoms with Crippen molar-refractivity contribution >= 4 is 19.8 Å². The zero-order valence-electron chi connectivity index (χ0n) is 27.2. The van der Waals surface area contributed by atoms with Crippen LogP contribution in [0.2, 0.25) is 0 Å². The van der Waals surface area contributed by atoms with Crippen LogP contribution >= 0.6 is 7.82 Å². The first kappa shape index (κ1) is 41.9. The van der Waals surface area contributed by atoms with Crippen molar-refractivity contribution in [2.45, 2.75) is 172 Å². The van der Waals surface area contributed by atoms with Gasteiger partial charge in [0.25, 0.3) is 0 Å². The first-order valence-corrected chi connectivity index (χ1v) is 18.3. The molecule has 266 valence electrons. The molecule has 0 heterocycles. The Labute approximate surface area is 268 Å². The second kappa shape index (κ2) is 24.1. The van der Waals surface area contributed by atoms with Crippen molar-refractivity contribution in [2.75, 3.05) is 13.2 Å². The summed E-state index contributed by atoms with van der Waals surface area (Å²) < 4.78 is 32.9. The molecule has 6 unspecified atom stereocenters. The molecule has 0 saturated heterocycles. The number of ether oxygens (including phenoxy) is 2. The molecule has 1 fully saturated rings. The Kier molecular flexibility index (Phi) is 22.4. The summed E-state index contributed by atoms with van der Waals surface area (Å²) in [7, 11) is -5.08. The lowest BCUT2D eigenvalue weighted by atomic mass is 9.85. The van der Waals surface area contributed by atoms with Gasteiger partial charge in [-0.3, -0.25) is 18.6 Å². The molecule has 45 heavy (non-hydrogen) atoms. The first-order valence-electron chi connectivity index (χ1n) is 16.8. The van der Waals surface area contributed by atoms with Crippen molar-refractivity contribution in [3.8, 4) is 0 Å². The quantitative estimate of drug-likeness (QED) is 0.0440. The minimum atomic E-state index is -5.08. The Morgan fingerprint density at radius 1 is 0.600 bits per heavy atom. The van der Waals surface area contributed by atoms with Crippen LogP contribution in [-0.4, -0.2) is 98.3 Å². The predicted octanol–water partition coefficient (Wildman–Crippen LogP) is 3.82. The maximum Gasteiger partial charge on any atom is 0.472 e. The van der Waals surface area contributed by atoms with E-state index in [1.807, 2.05) is 6.92 Å². The standard InChI is InChI=1S/C31H59O13P/c1-3-5-7-9-10-11-12-13-14-15-16-18-20-25(33)43-23(21-41-24(32)19-17-8-6-4-2)22-42-45(39,40)44-31-29(37)27(35)26(34)28(36)30(31)38/h23,26-31,34-38H,3-22H2,1-2H3,(H,39,40). The summed E-state index contributed by atoms with van der Waals surface area (Å²) >= 11 is 0. The van der Waals surface area contributed by atoms with Crippen LogP contribution in [0.3, 0.4) is 0 Å². The Bertz CT molecular complexity index is 828. The van der Waals surface area contributed by atoms with Gasteiger partial charge in [-0.2, -0.15) is 0 Å². The summed E-state index contributed by atoms with van der Waals surface area (Å²) in [6.45, 7) is 3.09. The summed E-state index contributed by atoms with van der Waals surface area (Å²) in [5, 5.41) is 49.6. The maximum atomic E-state index is 12.6. The summed E-state index contributed by atoms with van der Waals surface area (Å²) in [5.41, 5.74) is 0. The number of esters is 2. The third kappa shape index (κ3) is 18.1. The molecular weight excluding hydrogens is 611 g/mol. The van der Waals surface area contributed by atoms with Crippen molar-refractivity contribution < 1.29 is 63.1 Å². The number of phosphoric ester groups is 1. The van der Waals surface area contributed by atoms with Gasteiger partial charge in [-0.05, 0) is 12.8 Å². The highest BCUT2D eigenvalue weighted by Gasteiger charge is 2.51. The third-order valence-corrected chi connectivity index (χ3v) is 8.93. The van der Waals surface area contributed by atoms with Crippen LogP contribution in [0.15, 0.2) is 0 Å². The number of carbonyl (C=O) groups excluding carboxylic acids is 2. The van der Waals surface area contributed by atoms with Gasteiger partial charge in [0.15, 0.2) is 6.10 Å². The zero-order valence-corrected chi connectivity index (χ0v) is 28.1. The molecule has 1 saturated carbocycles. The monoisotopic (exact) mass is 670 g/mol. The van der Waals surface area contributed by atoms with Gasteiger partial charge in [-0.15, -0.1) is 0 Å². The number of unbranched alkanes of at least 4 members (excludes halogenated alkanes) is 14. The van der Waals surface area contributed by atoms with Gasteiger partial charge >= 0.3 is 19.8 Å². The molecule has 1 aliphatic rings. The Morgan fingerprint density at radius 2 is 1.00 bits per heavy atom. The number of aliphatic hydroxyl groups is 5. The van der Waals surface area contributed by atoms with Crippen LogP contribution in [0.1, 0.15) is 129 Å². The van der Waals surface area contributed by atoms with Crippen LogP contribution in [0.4, 0.5) is 0 Å². The van der Waals surface area contributed by atoms with Crippen molar-refractivity contribution in [3.63, 3.8) is 0 Å². The summed E-state index contributed by atoms with van der Waals surface area (Å²) in [6, 6.07) is 0. The highest BCUT2D eigenvalue weighted by Crippen LogP contribution is 2.47. The van der Waals surface area contributed by atoms with E-state index in [1.54, 1.807) is 0 Å². The van der Waals surface area contributed by atoms with E-state index >= 15 is 0 Å². The highest BCUT2D eigenvalue weighted by atomic mass is 31.2. The van der Waals surface area contributed by atoms with Crippen LogP contribution in [-0.2, 0) is 32.7 Å². The number of hydrogen-bond donors (Lipinski definition) is 6. The molecular formula is C31H59O13P. The maximum absolute atomic E-state index is 12.6. The SMILES string of the molecule is CCCCCCCCCCCCCCC(=O)OC(COC(=O)CCCCCC)COP(=O)(O)OC1C(O)C(O)C(O)C(O)C1O. The number of carbonyl (C=O) groups is 2. The lowest BCUT2D eigenvalue weighted by Crippen LogP contribution is -2.64. The van der Waals surface area contributed by atoms with E-state index in [1.165, 1.54) is 44.9 Å². The summed E-state index contributed by atoms with van der Waals surface area (Å²) in [6.07, 6.45) is 4.18. The molecule has 6 N–H and O–H groups in total. The van der Waals surface area contributed by atoms with E-state index in [4.69, 9.17) is 18.5 Å². The van der Waals surface area contributed by atoms with Crippen LogP contribution < -0.4 is 0 Å². The van der Waals surface area contributed by atoms with Gasteiger partial charge in [0.2, 0.25) is 0 Å². The molecule has 0 spiro atoms. The molecule has 14 heteroatoms. The molecule has 6 atom stereocenters. The third-order valence-electron chi connectivity index (χ3n) is 7.95. The second-order valence-corrected chi connectivity index (χ2v) is 13.4. The van der Waals surface area contributed by atoms with Gasteiger partial charge in [-0.25, -0.2) is 4.57 Å². The molecule has 0 bridgehead atoms. The minimum Gasteiger partial charge on any atom is -0.462 e. The molecule has 0 aromatic heterocycles. The molecule has 0 aliphatic heterocycles. The molecule has 1 aliphatic carbocycles. The normalized spacial score (nSPS) is 25.4. The average molecular weight is 671 g/mol. The van der Waals surface area contributed by atoms with E-state index in [-0.39, 0.29) is 12.8 Å². The van der Waals surface area contributed by atoms with Crippen molar-refractivity contribution in [1.82, 2.24) is 0 Å².